The summed E-state index contributed by atoms with van der Waals surface area (Å²) in [6, 6.07) is 12.4. The molecule has 0 unspecified atom stereocenters. The van der Waals surface area contributed by atoms with Gasteiger partial charge in [-0.1, -0.05) is 12.1 Å². The van der Waals surface area contributed by atoms with Crippen LogP contribution in [-0.2, 0) is 0 Å². The van der Waals surface area contributed by atoms with Gasteiger partial charge in [-0.25, -0.2) is 9.97 Å². The first kappa shape index (κ1) is 17.8. The summed E-state index contributed by atoms with van der Waals surface area (Å²) < 4.78 is 0. The van der Waals surface area contributed by atoms with Gasteiger partial charge in [-0.2, -0.15) is 0 Å². The number of aliphatic hydroxyl groups is 2. The average molecular weight is 350 g/mol. The SMILES string of the molecule is Cc1ccc2[nH]c(/C=C/c3nc4cc(C)ccc4[nH]3)nc2c1.OCCO. The van der Waals surface area contributed by atoms with Crippen LogP contribution in [0.2, 0.25) is 0 Å². The van der Waals surface area contributed by atoms with Crippen LogP contribution >= 0.6 is 0 Å². The van der Waals surface area contributed by atoms with Crippen molar-refractivity contribution in [1.82, 2.24) is 19.9 Å². The molecule has 2 aromatic heterocycles. The third kappa shape index (κ3) is 4.17. The highest BCUT2D eigenvalue weighted by Gasteiger charge is 2.02. The standard InChI is InChI=1S/C18H16N4.C2H6O2/c1-11-3-5-13-15(9-11)21-17(19-13)7-8-18-20-14-6-4-12(2)10-16(14)22-18;3-1-2-4/h3-10H,1-2H3,(H,19,21)(H,20,22);3-4H,1-2H2/b8-7+;. The number of aromatic amines is 2. The van der Waals surface area contributed by atoms with E-state index in [9.17, 15) is 0 Å². The topological polar surface area (TPSA) is 97.8 Å². The number of rotatable bonds is 3. The second-order valence-corrected chi connectivity index (χ2v) is 6.07. The van der Waals surface area contributed by atoms with E-state index in [1.165, 1.54) is 11.1 Å². The molecule has 4 N–H and O–H groups in total. The van der Waals surface area contributed by atoms with Gasteiger partial charge in [0.15, 0.2) is 0 Å². The maximum Gasteiger partial charge on any atom is 0.131 e. The molecule has 4 aromatic rings. The highest BCUT2D eigenvalue weighted by molar-refractivity contribution is 5.81. The molecule has 0 aliphatic carbocycles. The first-order chi connectivity index (χ1) is 12.6. The second-order valence-electron chi connectivity index (χ2n) is 6.07. The van der Waals surface area contributed by atoms with Gasteiger partial charge in [0.2, 0.25) is 0 Å². The zero-order valence-electron chi connectivity index (χ0n) is 14.8. The van der Waals surface area contributed by atoms with Crippen molar-refractivity contribution in [2.75, 3.05) is 13.2 Å². The number of aryl methyl sites for hydroxylation is 2. The van der Waals surface area contributed by atoms with Crippen LogP contribution in [0.15, 0.2) is 36.4 Å². The molecule has 2 aromatic carbocycles. The van der Waals surface area contributed by atoms with Crippen molar-refractivity contribution in [3.8, 4) is 0 Å². The number of aromatic nitrogens is 4. The molecule has 0 radical (unpaired) electrons. The summed E-state index contributed by atoms with van der Waals surface area (Å²) in [5.41, 5.74) is 6.49. The number of nitrogens with one attached hydrogen (secondary N) is 2. The molecule has 0 spiro atoms. The second kappa shape index (κ2) is 7.95. The highest BCUT2D eigenvalue weighted by Crippen LogP contribution is 2.16. The number of hydrogen-bond donors (Lipinski definition) is 4. The summed E-state index contributed by atoms with van der Waals surface area (Å²) in [6.45, 7) is 3.89. The maximum absolute atomic E-state index is 7.62. The molecule has 0 saturated heterocycles. The summed E-state index contributed by atoms with van der Waals surface area (Å²) in [5.74, 6) is 1.66. The van der Waals surface area contributed by atoms with Gasteiger partial charge in [0.05, 0.1) is 35.3 Å². The predicted octanol–water partition coefficient (Wildman–Crippen LogP) is 3.20. The monoisotopic (exact) mass is 350 g/mol. The van der Waals surface area contributed by atoms with E-state index in [0.717, 1.165) is 33.7 Å². The van der Waals surface area contributed by atoms with Gasteiger partial charge >= 0.3 is 0 Å². The van der Waals surface area contributed by atoms with Crippen molar-refractivity contribution in [3.63, 3.8) is 0 Å². The Balaban J connectivity index is 0.000000447. The Hall–Kier alpha value is -2.96. The fraction of sp³-hybridized carbons (Fsp3) is 0.200. The van der Waals surface area contributed by atoms with Crippen LogP contribution in [0.3, 0.4) is 0 Å². The lowest BCUT2D eigenvalue weighted by atomic mass is 10.2. The average Bonchev–Trinajstić information content (AvgIpc) is 3.22. The normalized spacial score (nSPS) is 11.2. The van der Waals surface area contributed by atoms with Crippen molar-refractivity contribution >= 4 is 34.2 Å². The van der Waals surface area contributed by atoms with Gasteiger partial charge in [-0.15, -0.1) is 0 Å². The van der Waals surface area contributed by atoms with Crippen molar-refractivity contribution in [3.05, 3.63) is 59.2 Å². The van der Waals surface area contributed by atoms with Crippen LogP contribution in [0.5, 0.6) is 0 Å². The molecule has 0 bridgehead atoms. The number of nitrogens with zero attached hydrogens (tertiary/aromatic N) is 2. The lowest BCUT2D eigenvalue weighted by molar-refractivity contribution is 0.186. The maximum atomic E-state index is 7.62. The van der Waals surface area contributed by atoms with Crippen molar-refractivity contribution in [2.45, 2.75) is 13.8 Å². The Morgan fingerprint density at radius 3 is 1.58 bits per heavy atom. The Morgan fingerprint density at radius 2 is 1.19 bits per heavy atom. The molecule has 26 heavy (non-hydrogen) atoms. The minimum Gasteiger partial charge on any atom is -0.394 e. The minimum atomic E-state index is -0.125. The molecule has 0 fully saturated rings. The molecular weight excluding hydrogens is 328 g/mol. The third-order valence-electron chi connectivity index (χ3n) is 3.81. The fourth-order valence-electron chi connectivity index (χ4n) is 2.59. The number of benzene rings is 2. The molecule has 134 valence electrons. The lowest BCUT2D eigenvalue weighted by Crippen LogP contribution is -1.85. The Bertz CT molecular complexity index is 963. The van der Waals surface area contributed by atoms with E-state index in [2.05, 4.69) is 70.2 Å². The van der Waals surface area contributed by atoms with E-state index < -0.39 is 0 Å². The summed E-state index contributed by atoms with van der Waals surface area (Å²) in [7, 11) is 0. The van der Waals surface area contributed by atoms with Crippen molar-refractivity contribution in [2.24, 2.45) is 0 Å². The number of hydrogen-bond acceptors (Lipinski definition) is 4. The van der Waals surface area contributed by atoms with Crippen LogP contribution in [0, 0.1) is 13.8 Å². The molecule has 0 aliphatic rings. The fourth-order valence-corrected chi connectivity index (χ4v) is 2.59. The van der Waals surface area contributed by atoms with Crippen LogP contribution in [0.1, 0.15) is 22.8 Å². The van der Waals surface area contributed by atoms with Gasteiger partial charge in [-0.3, -0.25) is 0 Å². The molecule has 6 nitrogen and oxygen atoms in total. The first-order valence-corrected chi connectivity index (χ1v) is 8.41. The third-order valence-corrected chi connectivity index (χ3v) is 3.81. The summed E-state index contributed by atoms with van der Waals surface area (Å²) in [6.07, 6.45) is 3.89. The summed E-state index contributed by atoms with van der Waals surface area (Å²) in [4.78, 5) is 15.7. The smallest absolute Gasteiger partial charge is 0.131 e. The van der Waals surface area contributed by atoms with E-state index in [1.807, 2.05) is 12.2 Å². The predicted molar refractivity (Wildman–Crippen MR) is 105 cm³/mol. The molecular formula is C20H22N4O2. The minimum absolute atomic E-state index is 0.125. The molecule has 0 amide bonds. The summed E-state index contributed by atoms with van der Waals surface area (Å²) in [5, 5.41) is 15.2. The van der Waals surface area contributed by atoms with E-state index in [1.54, 1.807) is 0 Å². The van der Waals surface area contributed by atoms with Gasteiger partial charge in [0.25, 0.3) is 0 Å². The van der Waals surface area contributed by atoms with Gasteiger partial charge in [-0.05, 0) is 61.4 Å². The highest BCUT2D eigenvalue weighted by atomic mass is 16.3. The van der Waals surface area contributed by atoms with Crippen LogP contribution in [0.25, 0.3) is 34.2 Å². The van der Waals surface area contributed by atoms with Crippen molar-refractivity contribution < 1.29 is 10.2 Å². The largest absolute Gasteiger partial charge is 0.394 e. The molecule has 0 saturated carbocycles. The first-order valence-electron chi connectivity index (χ1n) is 8.41. The Labute approximate surface area is 151 Å². The van der Waals surface area contributed by atoms with Gasteiger partial charge in [0, 0.05) is 0 Å². The van der Waals surface area contributed by atoms with Crippen LogP contribution < -0.4 is 0 Å². The van der Waals surface area contributed by atoms with E-state index >= 15 is 0 Å². The number of imidazole rings is 2. The number of H-pyrrole nitrogens is 2. The number of fused-ring (bicyclic) bond motifs is 2. The van der Waals surface area contributed by atoms with Crippen LogP contribution in [0.4, 0.5) is 0 Å². The van der Waals surface area contributed by atoms with E-state index in [-0.39, 0.29) is 13.2 Å². The number of aliphatic hydroxyl groups excluding tert-OH is 2. The quantitative estimate of drug-likeness (QED) is 0.456. The molecule has 6 heteroatoms. The zero-order chi connectivity index (χ0) is 18.5. The zero-order valence-corrected chi connectivity index (χ0v) is 14.8. The summed E-state index contributed by atoms with van der Waals surface area (Å²) >= 11 is 0. The van der Waals surface area contributed by atoms with E-state index in [0.29, 0.717) is 0 Å². The molecule has 4 rings (SSSR count). The van der Waals surface area contributed by atoms with E-state index in [4.69, 9.17) is 10.2 Å². The van der Waals surface area contributed by atoms with Crippen LogP contribution in [-0.4, -0.2) is 43.4 Å². The van der Waals surface area contributed by atoms with Gasteiger partial charge < -0.3 is 20.2 Å². The molecule has 2 heterocycles. The van der Waals surface area contributed by atoms with Crippen molar-refractivity contribution in [1.29, 1.82) is 0 Å². The molecule has 0 aliphatic heterocycles. The lowest BCUT2D eigenvalue weighted by Gasteiger charge is -1.88. The Kier molecular flexibility index (Phi) is 5.46. The Morgan fingerprint density at radius 1 is 0.769 bits per heavy atom. The van der Waals surface area contributed by atoms with Gasteiger partial charge in [0.1, 0.15) is 11.6 Å². The molecule has 0 atom stereocenters.